The number of anilines is 1. The molecule has 0 spiro atoms. The van der Waals surface area contributed by atoms with Crippen LogP contribution in [0.2, 0.25) is 0 Å². The van der Waals surface area contributed by atoms with Crippen molar-refractivity contribution in [2.45, 2.75) is 25.5 Å². The van der Waals surface area contributed by atoms with Crippen molar-refractivity contribution in [1.29, 1.82) is 0 Å². The van der Waals surface area contributed by atoms with Crippen molar-refractivity contribution < 1.29 is 19.1 Å². The molecule has 0 radical (unpaired) electrons. The van der Waals surface area contributed by atoms with Crippen LogP contribution < -0.4 is 10.1 Å². The Morgan fingerprint density at radius 1 is 1.17 bits per heavy atom. The molecular formula is C20H22N4O4S2. The highest BCUT2D eigenvalue weighted by Crippen LogP contribution is 2.27. The van der Waals surface area contributed by atoms with Crippen molar-refractivity contribution in [3.05, 3.63) is 41.3 Å². The minimum absolute atomic E-state index is 0.139. The number of hydrogen-bond donors (Lipinski definition) is 1. The van der Waals surface area contributed by atoms with E-state index in [-0.39, 0.29) is 11.7 Å². The van der Waals surface area contributed by atoms with Crippen LogP contribution in [-0.4, -0.2) is 46.1 Å². The Hall–Kier alpha value is -2.85. The first-order chi connectivity index (χ1) is 14.6. The molecule has 0 saturated carbocycles. The van der Waals surface area contributed by atoms with Crippen LogP contribution in [0.4, 0.5) is 5.00 Å². The van der Waals surface area contributed by atoms with Gasteiger partial charge in [0.25, 0.3) is 0 Å². The van der Waals surface area contributed by atoms with Gasteiger partial charge >= 0.3 is 5.97 Å². The van der Waals surface area contributed by atoms with Gasteiger partial charge in [-0.25, -0.2) is 4.79 Å². The molecule has 3 aromatic rings. The second-order valence-corrected chi connectivity index (χ2v) is 7.86. The number of carbonyl (C=O) groups is 2. The first-order valence-corrected chi connectivity index (χ1v) is 11.2. The summed E-state index contributed by atoms with van der Waals surface area (Å²) in [4.78, 5) is 24.1. The van der Waals surface area contributed by atoms with E-state index in [4.69, 9.17) is 9.47 Å². The van der Waals surface area contributed by atoms with Crippen LogP contribution in [0.3, 0.4) is 0 Å². The zero-order valence-electron chi connectivity index (χ0n) is 16.9. The second-order valence-electron chi connectivity index (χ2n) is 6.00. The summed E-state index contributed by atoms with van der Waals surface area (Å²) < 4.78 is 12.2. The Balaban J connectivity index is 1.67. The minimum atomic E-state index is -0.482. The highest BCUT2D eigenvalue weighted by Gasteiger charge is 2.18. The number of benzene rings is 1. The molecule has 1 aromatic carbocycles. The molecule has 0 aliphatic carbocycles. The zero-order chi connectivity index (χ0) is 21.5. The fourth-order valence-corrected chi connectivity index (χ4v) is 4.32. The number of amides is 1. The van der Waals surface area contributed by atoms with Gasteiger partial charge in [-0.15, -0.1) is 21.5 Å². The molecule has 0 aliphatic rings. The van der Waals surface area contributed by atoms with Crippen molar-refractivity contribution in [3.63, 3.8) is 0 Å². The molecule has 158 valence electrons. The highest BCUT2D eigenvalue weighted by molar-refractivity contribution is 7.99. The lowest BCUT2D eigenvalue weighted by Gasteiger charge is -2.09. The van der Waals surface area contributed by atoms with Crippen LogP contribution in [0.15, 0.2) is 40.9 Å². The molecule has 2 aromatic heterocycles. The lowest BCUT2D eigenvalue weighted by molar-refractivity contribution is -0.113. The number of thiophene rings is 1. The maximum Gasteiger partial charge on any atom is 0.340 e. The van der Waals surface area contributed by atoms with Crippen molar-refractivity contribution >= 4 is 40.0 Å². The van der Waals surface area contributed by atoms with Crippen molar-refractivity contribution in [1.82, 2.24) is 14.8 Å². The van der Waals surface area contributed by atoms with E-state index in [1.165, 1.54) is 30.2 Å². The van der Waals surface area contributed by atoms with Crippen molar-refractivity contribution in [2.75, 3.05) is 24.8 Å². The average molecular weight is 447 g/mol. The van der Waals surface area contributed by atoms with Crippen LogP contribution in [0.25, 0.3) is 11.4 Å². The monoisotopic (exact) mass is 446 g/mol. The molecule has 0 bridgehead atoms. The topological polar surface area (TPSA) is 95.3 Å². The number of esters is 1. The molecule has 10 heteroatoms. The number of thioether (sulfide) groups is 1. The van der Waals surface area contributed by atoms with Crippen LogP contribution in [0.1, 0.15) is 24.2 Å². The number of ether oxygens (including phenoxy) is 2. The summed E-state index contributed by atoms with van der Waals surface area (Å²) in [5, 5.41) is 14.1. The van der Waals surface area contributed by atoms with E-state index in [2.05, 4.69) is 15.5 Å². The summed E-state index contributed by atoms with van der Waals surface area (Å²) in [6.07, 6.45) is 0. The van der Waals surface area contributed by atoms with Crippen LogP contribution in [0, 0.1) is 0 Å². The van der Waals surface area contributed by atoms with E-state index in [9.17, 15) is 9.59 Å². The number of nitrogens with one attached hydrogen (secondary N) is 1. The van der Waals surface area contributed by atoms with Crippen molar-refractivity contribution in [3.8, 4) is 17.1 Å². The van der Waals surface area contributed by atoms with Gasteiger partial charge in [0, 0.05) is 12.1 Å². The van der Waals surface area contributed by atoms with Crippen LogP contribution in [0.5, 0.6) is 5.75 Å². The predicted octanol–water partition coefficient (Wildman–Crippen LogP) is 3.94. The molecule has 0 saturated heterocycles. The van der Waals surface area contributed by atoms with E-state index in [1.807, 2.05) is 42.7 Å². The first kappa shape index (κ1) is 21.8. The number of aromatic nitrogens is 3. The first-order valence-electron chi connectivity index (χ1n) is 9.32. The number of hydrogen-bond acceptors (Lipinski definition) is 8. The predicted molar refractivity (Wildman–Crippen MR) is 117 cm³/mol. The summed E-state index contributed by atoms with van der Waals surface area (Å²) in [7, 11) is 1.31. The van der Waals surface area contributed by atoms with Crippen LogP contribution in [-0.2, 0) is 16.1 Å². The maximum absolute atomic E-state index is 12.4. The Kier molecular flexibility index (Phi) is 7.47. The minimum Gasteiger partial charge on any atom is -0.494 e. The number of carbonyl (C=O) groups excluding carboxylic acids is 2. The Bertz CT molecular complexity index is 1010. The number of methoxy groups -OCH3 is 1. The largest absolute Gasteiger partial charge is 0.494 e. The molecule has 1 N–H and O–H groups in total. The Morgan fingerprint density at radius 3 is 2.60 bits per heavy atom. The Morgan fingerprint density at radius 2 is 1.93 bits per heavy atom. The molecule has 0 atom stereocenters. The van der Waals surface area contributed by atoms with Gasteiger partial charge in [-0.1, -0.05) is 11.8 Å². The summed E-state index contributed by atoms with van der Waals surface area (Å²) in [6, 6.07) is 9.29. The molecule has 1 amide bonds. The molecule has 0 unspecified atom stereocenters. The van der Waals surface area contributed by atoms with E-state index in [0.717, 1.165) is 17.1 Å². The van der Waals surface area contributed by atoms with Gasteiger partial charge in [0.2, 0.25) is 5.91 Å². The molecule has 0 aliphatic heterocycles. The van der Waals surface area contributed by atoms with Gasteiger partial charge in [0.15, 0.2) is 11.0 Å². The molecule has 30 heavy (non-hydrogen) atoms. The van der Waals surface area contributed by atoms with Gasteiger partial charge in [-0.2, -0.15) is 0 Å². The van der Waals surface area contributed by atoms with Crippen LogP contribution >= 0.6 is 23.1 Å². The fraction of sp³-hybridized carbons (Fsp3) is 0.300. The maximum atomic E-state index is 12.4. The molecular weight excluding hydrogens is 424 g/mol. The van der Waals surface area contributed by atoms with E-state index in [1.54, 1.807) is 11.4 Å². The van der Waals surface area contributed by atoms with Gasteiger partial charge < -0.3 is 19.4 Å². The summed E-state index contributed by atoms with van der Waals surface area (Å²) >= 11 is 2.56. The molecule has 8 nitrogen and oxygen atoms in total. The lowest BCUT2D eigenvalue weighted by atomic mass is 10.2. The third-order valence-electron chi connectivity index (χ3n) is 4.11. The standard InChI is InChI=1S/C20H22N4O4S2/c1-4-24-17(13-6-8-14(9-7-13)28-5-2)22-23-20(24)30-12-16(25)21-18-15(10-11-29-18)19(26)27-3/h6-11H,4-5,12H2,1-3H3,(H,21,25). The van der Waals surface area contributed by atoms with Gasteiger partial charge in [-0.05, 0) is 49.6 Å². The zero-order valence-corrected chi connectivity index (χ0v) is 18.5. The summed E-state index contributed by atoms with van der Waals surface area (Å²) in [6.45, 7) is 5.21. The smallest absolute Gasteiger partial charge is 0.340 e. The normalized spacial score (nSPS) is 10.6. The number of nitrogens with zero attached hydrogens (tertiary/aromatic N) is 3. The van der Waals surface area contributed by atoms with E-state index >= 15 is 0 Å². The lowest BCUT2D eigenvalue weighted by Crippen LogP contribution is -2.16. The summed E-state index contributed by atoms with van der Waals surface area (Å²) in [5.74, 6) is 0.954. The highest BCUT2D eigenvalue weighted by atomic mass is 32.2. The average Bonchev–Trinajstić information content (AvgIpc) is 3.39. The van der Waals surface area contributed by atoms with Gasteiger partial charge in [0.1, 0.15) is 10.8 Å². The summed E-state index contributed by atoms with van der Waals surface area (Å²) in [5.41, 5.74) is 1.26. The third-order valence-corrected chi connectivity index (χ3v) is 5.91. The third kappa shape index (κ3) is 5.00. The SMILES string of the molecule is CCOc1ccc(-c2nnc(SCC(=O)Nc3sccc3C(=O)OC)n2CC)cc1. The van der Waals surface area contributed by atoms with Gasteiger partial charge in [0.05, 0.1) is 25.0 Å². The molecule has 2 heterocycles. The molecule has 0 fully saturated rings. The van der Waals surface area contributed by atoms with E-state index < -0.39 is 5.97 Å². The Labute approximate surface area is 182 Å². The quantitative estimate of drug-likeness (QED) is 0.393. The second kappa shape index (κ2) is 10.3. The van der Waals surface area contributed by atoms with Crippen molar-refractivity contribution in [2.24, 2.45) is 0 Å². The number of rotatable bonds is 9. The fourth-order valence-electron chi connectivity index (χ4n) is 2.73. The van der Waals surface area contributed by atoms with Gasteiger partial charge in [-0.3, -0.25) is 4.79 Å². The molecule has 3 rings (SSSR count). The van der Waals surface area contributed by atoms with E-state index in [0.29, 0.717) is 28.9 Å².